The fraction of sp³-hybridized carbons (Fsp3) is 0.417. The number of likely N-dealkylation sites (tertiary alicyclic amines) is 1. The van der Waals surface area contributed by atoms with Crippen LogP contribution in [0.2, 0.25) is 0 Å². The summed E-state index contributed by atoms with van der Waals surface area (Å²) in [5.74, 6) is 0.0294. The molecule has 1 fully saturated rings. The van der Waals surface area contributed by atoms with Crippen molar-refractivity contribution in [2.75, 3.05) is 19.6 Å². The second-order valence-electron chi connectivity index (χ2n) is 8.25. The molecule has 1 unspecified atom stereocenters. The van der Waals surface area contributed by atoms with Crippen molar-refractivity contribution in [3.63, 3.8) is 0 Å². The van der Waals surface area contributed by atoms with Gasteiger partial charge in [0.1, 0.15) is 11.4 Å². The molecule has 2 aromatic rings. The van der Waals surface area contributed by atoms with Crippen LogP contribution < -0.4 is 0 Å². The number of carbonyl (C=O) groups excluding carboxylic acids is 2. The fourth-order valence-corrected chi connectivity index (χ4v) is 4.92. The Morgan fingerprint density at radius 1 is 1.39 bits per heavy atom. The number of H-pyrrole nitrogens is 1. The van der Waals surface area contributed by atoms with Gasteiger partial charge < -0.3 is 9.88 Å². The first kappa shape index (κ1) is 21.7. The predicted molar refractivity (Wildman–Crippen MR) is 125 cm³/mol. The molecule has 0 radical (unpaired) electrons. The van der Waals surface area contributed by atoms with Crippen LogP contribution in [0, 0.1) is 5.92 Å². The Morgan fingerprint density at radius 3 is 2.87 bits per heavy atom. The number of aromatic nitrogens is 2. The first-order valence-electron chi connectivity index (χ1n) is 10.8. The summed E-state index contributed by atoms with van der Waals surface area (Å²) in [6, 6.07) is 3.81. The van der Waals surface area contributed by atoms with Crippen molar-refractivity contribution in [3.8, 4) is 0 Å². The molecule has 4 rings (SSSR count). The van der Waals surface area contributed by atoms with Crippen LogP contribution in [-0.4, -0.2) is 52.9 Å². The number of hydrogen-bond acceptors (Lipinski definition) is 4. The third-order valence-corrected chi connectivity index (χ3v) is 6.50. The van der Waals surface area contributed by atoms with Crippen molar-refractivity contribution in [2.24, 2.45) is 10.9 Å². The number of ketones is 1. The molecule has 0 saturated carbocycles. The summed E-state index contributed by atoms with van der Waals surface area (Å²) in [6.07, 6.45) is 8.66. The number of fused-ring (bicyclic) bond motifs is 2. The Balaban J connectivity index is 1.55. The number of hydrogen-bond donors (Lipinski definition) is 1. The number of nitrogens with one attached hydrogen (secondary N) is 1. The highest BCUT2D eigenvalue weighted by Crippen LogP contribution is 2.33. The summed E-state index contributed by atoms with van der Waals surface area (Å²) in [5.41, 5.74) is 3.36. The van der Waals surface area contributed by atoms with Crippen LogP contribution in [0.5, 0.6) is 0 Å². The zero-order valence-corrected chi connectivity index (χ0v) is 18.5. The summed E-state index contributed by atoms with van der Waals surface area (Å²) in [5, 5.41) is 0.237. The molecule has 1 aromatic carbocycles. The molecule has 1 atom stereocenters. The quantitative estimate of drug-likeness (QED) is 0.391. The molecular formula is C24H27ClN4O2. The standard InChI is InChI=1S/C24H27ClN4O2/c1-3-7-18(25)21(24(31)26-2)23-27-19-13-16-12-15(8-6-11-29-9-4-5-10-29)22(30)17(16)14-20(19)28-23/h3,7,13-15H,2,4-6,8-12H2,1H3,(H,27,28)/b7-3-,21-18+. The van der Waals surface area contributed by atoms with Crippen LogP contribution in [0.3, 0.4) is 0 Å². The highest BCUT2D eigenvalue weighted by atomic mass is 35.5. The van der Waals surface area contributed by atoms with Crippen molar-refractivity contribution in [1.29, 1.82) is 0 Å². The summed E-state index contributed by atoms with van der Waals surface area (Å²) < 4.78 is 0. The van der Waals surface area contributed by atoms with E-state index in [1.807, 2.05) is 19.1 Å². The van der Waals surface area contributed by atoms with Crippen molar-refractivity contribution in [2.45, 2.75) is 39.0 Å². The number of allylic oxidation sites excluding steroid dienone is 3. The minimum Gasteiger partial charge on any atom is -0.338 e. The SMILES string of the molecule is C=NC(=O)/C(=C(Cl)\C=C/C)c1nc2cc3c(cc2[nH]1)CC(CCCN1CCCC1)C3=O. The van der Waals surface area contributed by atoms with E-state index < -0.39 is 5.91 Å². The first-order valence-corrected chi connectivity index (χ1v) is 11.2. The van der Waals surface area contributed by atoms with E-state index in [2.05, 4.69) is 26.6 Å². The number of Topliss-reactive ketones (excluding diaryl/α,β-unsaturated/α-hetero) is 1. The molecule has 1 aliphatic heterocycles. The number of nitrogens with zero attached hydrogens (tertiary/aromatic N) is 3. The molecule has 0 bridgehead atoms. The van der Waals surface area contributed by atoms with Gasteiger partial charge in [-0.1, -0.05) is 17.7 Å². The lowest BCUT2D eigenvalue weighted by atomic mass is 9.99. The lowest BCUT2D eigenvalue weighted by Gasteiger charge is -2.15. The van der Waals surface area contributed by atoms with Crippen molar-refractivity contribution >= 4 is 46.6 Å². The van der Waals surface area contributed by atoms with Gasteiger partial charge in [0.05, 0.1) is 16.1 Å². The van der Waals surface area contributed by atoms with E-state index in [4.69, 9.17) is 11.6 Å². The Morgan fingerprint density at radius 2 is 2.16 bits per heavy atom. The summed E-state index contributed by atoms with van der Waals surface area (Å²) in [6.45, 7) is 8.59. The van der Waals surface area contributed by atoms with Gasteiger partial charge in [-0.25, -0.2) is 9.98 Å². The fourth-order valence-electron chi connectivity index (χ4n) is 4.62. The van der Waals surface area contributed by atoms with Crippen LogP contribution in [0.15, 0.2) is 34.3 Å². The Hall–Kier alpha value is -2.57. The molecule has 1 amide bonds. The number of aliphatic imine (C=N–C) groups is 1. The molecule has 31 heavy (non-hydrogen) atoms. The Labute approximate surface area is 187 Å². The number of amides is 1. The van der Waals surface area contributed by atoms with Crippen LogP contribution >= 0.6 is 11.6 Å². The minimum absolute atomic E-state index is 0.0507. The van der Waals surface area contributed by atoms with E-state index in [-0.39, 0.29) is 22.3 Å². The highest BCUT2D eigenvalue weighted by Gasteiger charge is 2.31. The molecular weight excluding hydrogens is 412 g/mol. The third kappa shape index (κ3) is 4.41. The maximum Gasteiger partial charge on any atom is 0.281 e. The van der Waals surface area contributed by atoms with Gasteiger partial charge in [0.2, 0.25) is 0 Å². The number of rotatable bonds is 7. The van der Waals surface area contributed by atoms with Gasteiger partial charge in [0.25, 0.3) is 5.91 Å². The topological polar surface area (TPSA) is 78.4 Å². The van der Waals surface area contributed by atoms with Crippen molar-refractivity contribution < 1.29 is 9.59 Å². The zero-order valence-electron chi connectivity index (χ0n) is 17.8. The second-order valence-corrected chi connectivity index (χ2v) is 8.66. The van der Waals surface area contributed by atoms with Gasteiger partial charge in [-0.3, -0.25) is 9.59 Å². The second kappa shape index (κ2) is 9.28. The molecule has 0 spiro atoms. The molecule has 2 aliphatic rings. The van der Waals surface area contributed by atoms with E-state index in [0.717, 1.165) is 42.5 Å². The van der Waals surface area contributed by atoms with Gasteiger partial charge in [0, 0.05) is 11.5 Å². The van der Waals surface area contributed by atoms with E-state index in [9.17, 15) is 9.59 Å². The zero-order chi connectivity index (χ0) is 22.0. The highest BCUT2D eigenvalue weighted by molar-refractivity contribution is 6.40. The van der Waals surface area contributed by atoms with Crippen molar-refractivity contribution in [1.82, 2.24) is 14.9 Å². The molecule has 1 aromatic heterocycles. The number of aromatic amines is 1. The van der Waals surface area contributed by atoms with Crippen molar-refractivity contribution in [3.05, 3.63) is 46.3 Å². The van der Waals surface area contributed by atoms with Crippen LogP contribution in [-0.2, 0) is 11.2 Å². The van der Waals surface area contributed by atoms with E-state index in [0.29, 0.717) is 11.3 Å². The van der Waals surface area contributed by atoms with E-state index >= 15 is 0 Å². The van der Waals surface area contributed by atoms with Gasteiger partial charge >= 0.3 is 0 Å². The molecule has 1 saturated heterocycles. The first-order chi connectivity index (χ1) is 15.0. The predicted octanol–water partition coefficient (Wildman–Crippen LogP) is 4.55. The van der Waals surface area contributed by atoms with Gasteiger partial charge in [-0.15, -0.1) is 0 Å². The monoisotopic (exact) mass is 438 g/mol. The van der Waals surface area contributed by atoms with Gasteiger partial charge in [0.15, 0.2) is 5.78 Å². The molecule has 7 heteroatoms. The average Bonchev–Trinajstić information content (AvgIpc) is 3.47. The van der Waals surface area contributed by atoms with Crippen LogP contribution in [0.1, 0.15) is 54.4 Å². The van der Waals surface area contributed by atoms with Crippen LogP contribution in [0.4, 0.5) is 0 Å². The van der Waals surface area contributed by atoms with E-state index in [1.54, 1.807) is 12.2 Å². The lowest BCUT2D eigenvalue weighted by Crippen LogP contribution is -2.21. The minimum atomic E-state index is -0.552. The summed E-state index contributed by atoms with van der Waals surface area (Å²) >= 11 is 6.29. The number of benzene rings is 1. The third-order valence-electron chi connectivity index (χ3n) is 6.18. The number of halogens is 1. The van der Waals surface area contributed by atoms with Gasteiger partial charge in [-0.2, -0.15) is 0 Å². The maximum atomic E-state index is 13.0. The Bertz CT molecular complexity index is 1090. The number of imidazole rings is 1. The van der Waals surface area contributed by atoms with Gasteiger partial charge in [-0.05, 0) is 89.2 Å². The number of carbonyl (C=O) groups is 2. The summed E-state index contributed by atoms with van der Waals surface area (Å²) in [4.78, 5) is 39.0. The molecule has 6 nitrogen and oxygen atoms in total. The molecule has 162 valence electrons. The normalized spacial score (nSPS) is 19.9. The summed E-state index contributed by atoms with van der Waals surface area (Å²) in [7, 11) is 0. The molecule has 1 N–H and O–H groups in total. The van der Waals surface area contributed by atoms with Crippen LogP contribution in [0.25, 0.3) is 16.6 Å². The molecule has 2 heterocycles. The smallest absolute Gasteiger partial charge is 0.281 e. The maximum absolute atomic E-state index is 13.0. The Kier molecular flexibility index (Phi) is 6.49. The largest absolute Gasteiger partial charge is 0.338 e. The van der Waals surface area contributed by atoms with E-state index in [1.165, 1.54) is 25.9 Å². The lowest BCUT2D eigenvalue weighted by molar-refractivity contribution is -0.112. The average molecular weight is 439 g/mol. The molecule has 1 aliphatic carbocycles.